The number of hydrogen-bond acceptors (Lipinski definition) is 24. The first-order chi connectivity index (χ1) is 46.5. The lowest BCUT2D eigenvalue weighted by Gasteiger charge is -2.33. The molecule has 0 radical (unpaired) electrons. The van der Waals surface area contributed by atoms with E-state index >= 15 is 0 Å². The van der Waals surface area contributed by atoms with E-state index in [1.165, 1.54) is 18.3 Å². The standard InChI is InChI=1S/C35H45N7O9S.C26H50N6O13S.CH4/c1-5-50-14-7-11-36-30(43)8-6-15-51-25-16-22(2)32(23(3)17-25)52(48,49)41-28(34(46)47)20-39-33(45)27-21-42(4)29-18-24(9-10-26(29)31(27)44)19-40-35-37-12-13-38-35;1-2-44-14-15-45-13-3-4-27-26(40)21(20-46(41,42)43)28-22(33)16-29-5-7-30(17-23(34)35)9-11-32(19-25(38)39)12-10-31(8-6-29)18-24(36)37;/h9-10,12-13,16-18,21,28,41H,5-8,11,14-15,19-20H2,1-4H3,(H,36,43)(H,39,45)(H,46,47)(H2,37,38,40);21,41-43H,2-20H2,1H3,(H,27,40)(H,28,33)(H,34,35)(H,36,37)(H,38,39);1H4/t28-;21-;/m01./s1. The minimum Gasteiger partial charge on any atom is -0.494 e. The summed E-state index contributed by atoms with van der Waals surface area (Å²) in [5.74, 6) is -7.06. The molecule has 3 heterocycles. The van der Waals surface area contributed by atoms with Gasteiger partial charge in [0.25, 0.3) is 5.91 Å². The van der Waals surface area contributed by atoms with E-state index in [0.717, 1.165) is 12.0 Å². The van der Waals surface area contributed by atoms with Gasteiger partial charge in [0.1, 0.15) is 23.4 Å². The molecule has 0 unspecified atom stereocenters. The number of fused-ring (bicyclic) bond motifs is 1. The van der Waals surface area contributed by atoms with E-state index in [9.17, 15) is 85.7 Å². The Bertz CT molecular complexity index is 3360. The molecule has 4 aromatic rings. The fraction of sp³-hybridized carbons (Fsp3) is 0.581. The number of hydrogen-bond donors (Lipinski definition) is 14. The van der Waals surface area contributed by atoms with Crippen LogP contribution in [0.5, 0.6) is 5.75 Å². The molecule has 556 valence electrons. The van der Waals surface area contributed by atoms with Gasteiger partial charge in [-0.05, 0) is 87.9 Å². The Morgan fingerprint density at radius 1 is 0.667 bits per heavy atom. The van der Waals surface area contributed by atoms with Crippen molar-refractivity contribution in [1.29, 1.82) is 0 Å². The number of nitrogens with one attached hydrogen (secondary N) is 7. The molecule has 14 N–H and O–H groups in total. The number of amides is 4. The fourth-order valence-electron chi connectivity index (χ4n) is 10.0. The summed E-state index contributed by atoms with van der Waals surface area (Å²) >= 11 is 0. The minimum atomic E-state index is -4.39. The van der Waals surface area contributed by atoms with Crippen molar-refractivity contribution >= 4 is 85.3 Å². The lowest BCUT2D eigenvalue weighted by molar-refractivity contribution is -0.140. The first-order valence-corrected chi connectivity index (χ1v) is 34.9. The fourth-order valence-corrected chi connectivity index (χ4v) is 12.4. The number of ether oxygens (including phenoxy) is 4. The number of carboxylic acids is 4. The summed E-state index contributed by atoms with van der Waals surface area (Å²) in [6.45, 7) is 10.7. The van der Waals surface area contributed by atoms with Crippen LogP contribution in [0.15, 0.2) is 58.6 Å². The average Bonchev–Trinajstić information content (AvgIpc) is 0.888. The van der Waals surface area contributed by atoms with Crippen LogP contribution in [0.1, 0.15) is 74.0 Å². The smallest absolute Gasteiger partial charge is 0.323 e. The molecule has 0 aliphatic carbocycles. The number of rotatable bonds is 40. The normalized spacial score (nSPS) is 14.5. The Hall–Kier alpha value is -7.92. The first kappa shape index (κ1) is 85.3. The molecule has 2 aromatic heterocycles. The predicted molar refractivity (Wildman–Crippen MR) is 367 cm³/mol. The first-order valence-electron chi connectivity index (χ1n) is 31.7. The van der Waals surface area contributed by atoms with Crippen molar-refractivity contribution in [2.24, 2.45) is 7.05 Å². The highest BCUT2D eigenvalue weighted by Gasteiger charge is 2.31. The molecule has 37 heteroatoms. The second-order valence-corrected chi connectivity index (χ2v) is 26.0. The number of sulfonamides is 1. The van der Waals surface area contributed by atoms with Crippen molar-refractivity contribution in [2.45, 2.75) is 84.3 Å². The zero-order chi connectivity index (χ0) is 72.4. The molecule has 1 aliphatic heterocycles. The number of pyridine rings is 1. The summed E-state index contributed by atoms with van der Waals surface area (Å²) in [5.41, 5.74) is 1.26. The van der Waals surface area contributed by atoms with Gasteiger partial charge in [-0.1, -0.05) is 13.5 Å². The Balaban J connectivity index is 0.000000515. The number of nitrogens with zero attached hydrogens (tertiary/aromatic N) is 6. The number of imidazole rings is 1. The van der Waals surface area contributed by atoms with Crippen molar-refractivity contribution in [1.82, 2.24) is 60.1 Å². The SMILES string of the molecule is C.CCOCCCNC(=O)CCCOc1cc(C)c(S(=O)(=O)N[C@@H](CNC(=O)c2cn(C)c3cc(CNc4ncc[nH]4)ccc3c2=O)C(=O)O)c(C)c1.CCOCCOCCCNC(=O)[C@@H](CS(O)(O)O)NC(=O)CN1CCN(CC(=O)O)CCN(CC(=O)O)CCN(CC(=O)O)CC1. The number of aromatic amines is 1. The van der Waals surface area contributed by atoms with Gasteiger partial charge in [0.2, 0.25) is 33.2 Å². The minimum absolute atomic E-state index is 0. The number of H-pyrrole nitrogens is 1. The van der Waals surface area contributed by atoms with E-state index in [0.29, 0.717) is 93.9 Å². The maximum Gasteiger partial charge on any atom is 0.323 e. The highest BCUT2D eigenvalue weighted by atomic mass is 32.3. The maximum absolute atomic E-state index is 13.4. The monoisotopic (exact) mass is 1440 g/mol. The molecule has 35 nitrogen and oxygen atoms in total. The number of carboxylic acid groups (broad SMARTS) is 4. The zero-order valence-electron chi connectivity index (χ0n) is 55.8. The highest BCUT2D eigenvalue weighted by molar-refractivity contribution is 8.19. The third-order valence-corrected chi connectivity index (χ3v) is 17.3. The van der Waals surface area contributed by atoms with Gasteiger partial charge in [-0.2, -0.15) is 4.72 Å². The molecular formula is C62H99N13O22S2. The highest BCUT2D eigenvalue weighted by Crippen LogP contribution is 2.33. The third-order valence-electron chi connectivity index (χ3n) is 14.8. The summed E-state index contributed by atoms with van der Waals surface area (Å²) < 4.78 is 81.0. The maximum atomic E-state index is 13.4. The van der Waals surface area contributed by atoms with Crippen molar-refractivity contribution in [3.05, 3.63) is 81.4 Å². The largest absolute Gasteiger partial charge is 0.494 e. The molecular weight excluding hydrogens is 1340 g/mol. The quantitative estimate of drug-likeness (QED) is 0.0273. The van der Waals surface area contributed by atoms with Crippen LogP contribution < -0.4 is 41.5 Å². The van der Waals surface area contributed by atoms with Crippen LogP contribution >= 0.6 is 10.9 Å². The Morgan fingerprint density at radius 3 is 1.73 bits per heavy atom. The van der Waals surface area contributed by atoms with E-state index < -0.39 is 92.3 Å². The number of anilines is 1. The number of aromatic nitrogens is 3. The number of aliphatic carboxylic acids is 4. The predicted octanol–water partition coefficient (Wildman–Crippen LogP) is 0.720. The van der Waals surface area contributed by atoms with E-state index in [1.807, 2.05) is 13.8 Å². The van der Waals surface area contributed by atoms with Gasteiger partial charge in [0.05, 0.1) is 73.0 Å². The molecule has 5 rings (SSSR count). The molecule has 2 atom stereocenters. The van der Waals surface area contributed by atoms with Gasteiger partial charge in [0, 0.05) is 142 Å². The van der Waals surface area contributed by atoms with Crippen LogP contribution in [0.4, 0.5) is 5.95 Å². The van der Waals surface area contributed by atoms with Crippen LogP contribution in [-0.2, 0) is 71.4 Å². The number of carbonyl (C=O) groups excluding carboxylic acids is 4. The molecule has 4 amide bonds. The van der Waals surface area contributed by atoms with Crippen LogP contribution in [0.2, 0.25) is 0 Å². The molecule has 1 fully saturated rings. The van der Waals surface area contributed by atoms with Gasteiger partial charge in [-0.15, -0.1) is 0 Å². The van der Waals surface area contributed by atoms with Gasteiger partial charge >= 0.3 is 23.9 Å². The van der Waals surface area contributed by atoms with Crippen LogP contribution in [0.3, 0.4) is 0 Å². The summed E-state index contributed by atoms with van der Waals surface area (Å²) in [4.78, 5) is 124. The average molecular weight is 1440 g/mol. The molecule has 0 saturated carbocycles. The second-order valence-electron chi connectivity index (χ2n) is 22.7. The Morgan fingerprint density at radius 2 is 1.20 bits per heavy atom. The van der Waals surface area contributed by atoms with E-state index in [-0.39, 0.29) is 127 Å². The second kappa shape index (κ2) is 44.3. The summed E-state index contributed by atoms with van der Waals surface area (Å²) in [5, 5.41) is 51.5. The lowest BCUT2D eigenvalue weighted by atomic mass is 10.1. The molecule has 0 bridgehead atoms. The topological polar surface area (TPSA) is 485 Å². The van der Waals surface area contributed by atoms with Crippen molar-refractivity contribution in [3.63, 3.8) is 0 Å². The number of carbonyl (C=O) groups is 8. The number of benzene rings is 2. The molecule has 99 heavy (non-hydrogen) atoms. The van der Waals surface area contributed by atoms with Gasteiger partial charge in [-0.3, -0.25) is 62.8 Å². The summed E-state index contributed by atoms with van der Waals surface area (Å²) in [6.07, 6.45) is 6.51. The van der Waals surface area contributed by atoms with Crippen molar-refractivity contribution < 1.29 is 99.8 Å². The van der Waals surface area contributed by atoms with Crippen molar-refractivity contribution in [2.75, 3.05) is 155 Å². The van der Waals surface area contributed by atoms with Gasteiger partial charge in [-0.25, -0.2) is 13.4 Å². The summed E-state index contributed by atoms with van der Waals surface area (Å²) in [6, 6.07) is 4.95. The summed E-state index contributed by atoms with van der Waals surface area (Å²) in [7, 11) is -6.88. The molecule has 2 aromatic carbocycles. The van der Waals surface area contributed by atoms with E-state index in [1.54, 1.807) is 75.7 Å². The van der Waals surface area contributed by atoms with Crippen LogP contribution in [0, 0.1) is 13.8 Å². The lowest BCUT2D eigenvalue weighted by Crippen LogP contribution is -2.53. The molecule has 0 spiro atoms. The van der Waals surface area contributed by atoms with Gasteiger partial charge in [0.15, 0.2) is 5.95 Å². The molecule has 1 aliphatic rings. The van der Waals surface area contributed by atoms with Gasteiger partial charge < -0.3 is 89.2 Å². The number of aryl methyl sites for hydroxylation is 3. The third kappa shape index (κ3) is 32.7. The Kier molecular flexibility index (Phi) is 38.1. The molecule has 1 saturated heterocycles. The van der Waals surface area contributed by atoms with Crippen LogP contribution in [-0.4, -0.2) is 286 Å². The van der Waals surface area contributed by atoms with Crippen LogP contribution in [0.25, 0.3) is 10.9 Å². The Labute approximate surface area is 576 Å². The van der Waals surface area contributed by atoms with E-state index in [2.05, 4.69) is 41.3 Å². The van der Waals surface area contributed by atoms with E-state index in [4.69, 9.17) is 18.9 Å². The van der Waals surface area contributed by atoms with Crippen molar-refractivity contribution in [3.8, 4) is 5.75 Å². The zero-order valence-corrected chi connectivity index (χ0v) is 57.5.